The Kier molecular flexibility index (Phi) is 6.24. The molecule has 2 aromatic carbocycles. The monoisotopic (exact) mass is 387 g/mol. The minimum absolute atomic E-state index is 0.302. The van der Waals surface area contributed by atoms with Crippen molar-refractivity contribution in [1.82, 2.24) is 0 Å². The molecule has 0 bridgehead atoms. The molecule has 1 heterocycles. The number of nitrogens with zero attached hydrogens (tertiary/aromatic N) is 1. The molecule has 6 heteroatoms. The van der Waals surface area contributed by atoms with E-state index in [0.717, 1.165) is 12.8 Å². The topological polar surface area (TPSA) is 47.9 Å². The molecule has 0 radical (unpaired) electrons. The van der Waals surface area contributed by atoms with E-state index in [9.17, 15) is 9.18 Å². The average molecular weight is 388 g/mol. The molecule has 1 aliphatic heterocycles. The molecular weight excluding hydrogens is 369 g/mol. The van der Waals surface area contributed by atoms with Crippen molar-refractivity contribution in [2.75, 3.05) is 6.61 Å². The van der Waals surface area contributed by atoms with Crippen LogP contribution in [0.4, 0.5) is 9.18 Å². The number of benzene rings is 2. The molecule has 0 saturated heterocycles. The van der Waals surface area contributed by atoms with Crippen LogP contribution in [0.5, 0.6) is 0 Å². The quantitative estimate of drug-likeness (QED) is 0.478. The van der Waals surface area contributed by atoms with E-state index in [4.69, 9.17) is 21.1 Å². The number of rotatable bonds is 5. The van der Waals surface area contributed by atoms with Gasteiger partial charge < -0.3 is 9.47 Å². The first kappa shape index (κ1) is 19.1. The van der Waals surface area contributed by atoms with Crippen molar-refractivity contribution in [3.05, 3.63) is 82.3 Å². The maximum absolute atomic E-state index is 14.3. The van der Waals surface area contributed by atoms with E-state index in [-0.39, 0.29) is 0 Å². The summed E-state index contributed by atoms with van der Waals surface area (Å²) in [5.74, 6) is -0.395. The minimum Gasteiger partial charge on any atom is -0.434 e. The molecule has 0 aromatic heterocycles. The van der Waals surface area contributed by atoms with Gasteiger partial charge >= 0.3 is 6.16 Å². The van der Waals surface area contributed by atoms with E-state index in [0.29, 0.717) is 34.0 Å². The molecule has 0 spiro atoms. The van der Waals surface area contributed by atoms with Crippen LogP contribution in [-0.2, 0) is 9.47 Å². The lowest BCUT2D eigenvalue weighted by atomic mass is 9.95. The van der Waals surface area contributed by atoms with E-state index >= 15 is 0 Å². The Morgan fingerprint density at radius 2 is 2.04 bits per heavy atom. The lowest BCUT2D eigenvalue weighted by molar-refractivity contribution is 0.0360. The second-order valence-electron chi connectivity index (χ2n) is 6.02. The Bertz CT molecular complexity index is 895. The van der Waals surface area contributed by atoms with Gasteiger partial charge in [-0.05, 0) is 36.8 Å². The third-order valence-corrected chi connectivity index (χ3v) is 4.35. The van der Waals surface area contributed by atoms with Crippen molar-refractivity contribution in [1.29, 1.82) is 0 Å². The largest absolute Gasteiger partial charge is 0.509 e. The lowest BCUT2D eigenvalue weighted by Crippen LogP contribution is -2.15. The van der Waals surface area contributed by atoms with E-state index in [1.165, 1.54) is 12.3 Å². The summed E-state index contributed by atoms with van der Waals surface area (Å²) >= 11 is 6.16. The number of ether oxygens (including phenoxy) is 2. The Hall–Kier alpha value is -2.66. The predicted octanol–water partition coefficient (Wildman–Crippen LogP) is 5.84. The molecule has 0 saturated carbocycles. The van der Waals surface area contributed by atoms with Crippen molar-refractivity contribution >= 4 is 23.5 Å². The van der Waals surface area contributed by atoms with Crippen LogP contribution in [0, 0.1) is 5.82 Å². The van der Waals surface area contributed by atoms with Gasteiger partial charge in [0.05, 0.1) is 12.3 Å². The Labute approximate surface area is 162 Å². The highest BCUT2D eigenvalue weighted by Gasteiger charge is 2.24. The SMILES string of the molecule is CCCCOC(=O)OC1C=CN=C(c2ccccc2F)c2cc(Cl)ccc21. The zero-order valence-corrected chi connectivity index (χ0v) is 15.6. The van der Waals surface area contributed by atoms with Crippen LogP contribution in [-0.4, -0.2) is 18.5 Å². The zero-order valence-electron chi connectivity index (χ0n) is 14.8. The third kappa shape index (κ3) is 4.55. The Morgan fingerprint density at radius 3 is 2.81 bits per heavy atom. The van der Waals surface area contributed by atoms with Crippen molar-refractivity contribution in [2.45, 2.75) is 25.9 Å². The Balaban J connectivity index is 1.94. The van der Waals surface area contributed by atoms with Crippen molar-refractivity contribution < 1.29 is 18.7 Å². The van der Waals surface area contributed by atoms with Gasteiger partial charge in [0.25, 0.3) is 0 Å². The standard InChI is InChI=1S/C21H19ClFNO3/c1-2-3-12-26-21(25)27-19-10-11-24-20(16-6-4-5-7-18(16)23)17-13-14(22)8-9-15(17)19/h4-11,13,19H,2-3,12H2,1H3. The highest BCUT2D eigenvalue weighted by molar-refractivity contribution is 6.31. The molecule has 4 nitrogen and oxygen atoms in total. The average Bonchev–Trinajstić information content (AvgIpc) is 2.82. The molecule has 27 heavy (non-hydrogen) atoms. The van der Waals surface area contributed by atoms with E-state index in [2.05, 4.69) is 4.99 Å². The molecule has 0 amide bonds. The molecule has 0 N–H and O–H groups in total. The van der Waals surface area contributed by atoms with Crippen LogP contribution >= 0.6 is 11.6 Å². The van der Waals surface area contributed by atoms with Gasteiger partial charge in [-0.3, -0.25) is 4.99 Å². The van der Waals surface area contributed by atoms with Crippen LogP contribution in [0.1, 0.15) is 42.6 Å². The summed E-state index contributed by atoms with van der Waals surface area (Å²) in [6.07, 6.45) is 3.34. The van der Waals surface area contributed by atoms with Crippen molar-refractivity contribution in [3.8, 4) is 0 Å². The first-order valence-electron chi connectivity index (χ1n) is 8.72. The number of hydrogen-bond acceptors (Lipinski definition) is 4. The number of unbranched alkanes of at least 4 members (excludes halogenated alkanes) is 1. The molecule has 2 aromatic rings. The number of aliphatic imine (C=N–C) groups is 1. The fraction of sp³-hybridized carbons (Fsp3) is 0.238. The zero-order chi connectivity index (χ0) is 19.2. The van der Waals surface area contributed by atoms with Crippen LogP contribution < -0.4 is 0 Å². The summed E-state index contributed by atoms with van der Waals surface area (Å²) in [5, 5.41) is 0.476. The van der Waals surface area contributed by atoms with Gasteiger partial charge in [-0.1, -0.05) is 43.1 Å². The maximum atomic E-state index is 14.3. The highest BCUT2D eigenvalue weighted by atomic mass is 35.5. The summed E-state index contributed by atoms with van der Waals surface area (Å²) in [5.41, 5.74) is 2.02. The summed E-state index contributed by atoms with van der Waals surface area (Å²) in [4.78, 5) is 16.4. The number of fused-ring (bicyclic) bond motifs is 1. The van der Waals surface area contributed by atoms with Gasteiger partial charge in [-0.15, -0.1) is 0 Å². The smallest absolute Gasteiger partial charge is 0.434 e. The van der Waals surface area contributed by atoms with Crippen molar-refractivity contribution in [3.63, 3.8) is 0 Å². The predicted molar refractivity (Wildman–Crippen MR) is 103 cm³/mol. The van der Waals surface area contributed by atoms with Gasteiger partial charge in [0.2, 0.25) is 0 Å². The number of halogens is 2. The van der Waals surface area contributed by atoms with E-state index in [1.54, 1.807) is 42.5 Å². The third-order valence-electron chi connectivity index (χ3n) is 4.11. The molecule has 0 fully saturated rings. The van der Waals surface area contributed by atoms with Crippen LogP contribution in [0.3, 0.4) is 0 Å². The molecule has 140 valence electrons. The fourth-order valence-corrected chi connectivity index (χ4v) is 2.93. The first-order chi connectivity index (χ1) is 13.1. The number of carbonyl (C=O) groups excluding carboxylic acids is 1. The molecular formula is C21H19ClFNO3. The minimum atomic E-state index is -0.756. The molecule has 0 aliphatic carbocycles. The molecule has 1 unspecified atom stereocenters. The molecule has 1 atom stereocenters. The van der Waals surface area contributed by atoms with Gasteiger partial charge in [0, 0.05) is 27.9 Å². The van der Waals surface area contributed by atoms with Gasteiger partial charge in [-0.2, -0.15) is 0 Å². The second-order valence-corrected chi connectivity index (χ2v) is 6.46. The van der Waals surface area contributed by atoms with Gasteiger partial charge in [0.1, 0.15) is 5.82 Å². The first-order valence-corrected chi connectivity index (χ1v) is 9.10. The van der Waals surface area contributed by atoms with Crippen LogP contribution in [0.25, 0.3) is 0 Å². The van der Waals surface area contributed by atoms with Gasteiger partial charge in [-0.25, -0.2) is 9.18 Å². The highest BCUT2D eigenvalue weighted by Crippen LogP contribution is 2.31. The molecule has 3 rings (SSSR count). The van der Waals surface area contributed by atoms with Gasteiger partial charge in [0.15, 0.2) is 6.10 Å². The summed E-state index contributed by atoms with van der Waals surface area (Å²) < 4.78 is 24.9. The Morgan fingerprint density at radius 1 is 1.22 bits per heavy atom. The van der Waals surface area contributed by atoms with E-state index in [1.807, 2.05) is 6.92 Å². The number of hydrogen-bond donors (Lipinski definition) is 0. The van der Waals surface area contributed by atoms with E-state index < -0.39 is 18.1 Å². The normalized spacial score (nSPS) is 15.5. The van der Waals surface area contributed by atoms with Crippen LogP contribution in [0.2, 0.25) is 5.02 Å². The number of carbonyl (C=O) groups is 1. The van der Waals surface area contributed by atoms with Crippen LogP contribution in [0.15, 0.2) is 59.7 Å². The fourth-order valence-electron chi connectivity index (χ4n) is 2.76. The second kappa shape index (κ2) is 8.82. The summed E-state index contributed by atoms with van der Waals surface area (Å²) in [6.45, 7) is 2.31. The maximum Gasteiger partial charge on any atom is 0.509 e. The lowest BCUT2D eigenvalue weighted by Gasteiger charge is -2.18. The summed E-state index contributed by atoms with van der Waals surface area (Å²) in [6, 6.07) is 11.5. The van der Waals surface area contributed by atoms with Crippen molar-refractivity contribution in [2.24, 2.45) is 4.99 Å². The molecule has 1 aliphatic rings. The summed E-state index contributed by atoms with van der Waals surface area (Å²) in [7, 11) is 0.